The Morgan fingerprint density at radius 1 is 1.14 bits per heavy atom. The maximum Gasteiger partial charge on any atom is 0.225 e. The zero-order valence-electron chi connectivity index (χ0n) is 13.9. The normalized spacial score (nSPS) is 22.7. The molecule has 1 aromatic carbocycles. The van der Waals surface area contributed by atoms with Crippen LogP contribution in [-0.4, -0.2) is 41.4 Å². The topological polar surface area (TPSA) is 23.6 Å². The average molecular weight is 300 g/mol. The number of likely N-dealkylation sites (tertiary alicyclic amines) is 1. The Hall–Kier alpha value is -1.35. The molecule has 3 heteroatoms. The first-order valence-electron chi connectivity index (χ1n) is 8.75. The van der Waals surface area contributed by atoms with Crippen LogP contribution in [0.1, 0.15) is 44.2 Å². The first kappa shape index (κ1) is 15.5. The van der Waals surface area contributed by atoms with Crippen molar-refractivity contribution in [3.05, 3.63) is 35.4 Å². The molecule has 0 saturated carbocycles. The van der Waals surface area contributed by atoms with Gasteiger partial charge in [0.25, 0.3) is 0 Å². The van der Waals surface area contributed by atoms with E-state index < -0.39 is 0 Å². The van der Waals surface area contributed by atoms with Crippen molar-refractivity contribution in [2.24, 2.45) is 5.92 Å². The SMILES string of the molecule is CC(C)C(=O)N1Cc2ccccc2C[C@H]1CN1CCCCC1. The number of nitrogens with zero attached hydrogens (tertiary/aromatic N) is 2. The van der Waals surface area contributed by atoms with Gasteiger partial charge in [-0.1, -0.05) is 44.5 Å². The maximum absolute atomic E-state index is 12.7. The van der Waals surface area contributed by atoms with Gasteiger partial charge < -0.3 is 9.80 Å². The molecule has 3 rings (SSSR count). The largest absolute Gasteiger partial charge is 0.334 e. The van der Waals surface area contributed by atoms with Crippen LogP contribution in [0.25, 0.3) is 0 Å². The summed E-state index contributed by atoms with van der Waals surface area (Å²) in [5.74, 6) is 0.380. The van der Waals surface area contributed by atoms with E-state index >= 15 is 0 Å². The highest BCUT2D eigenvalue weighted by molar-refractivity contribution is 5.78. The van der Waals surface area contributed by atoms with Gasteiger partial charge in [-0.2, -0.15) is 0 Å². The van der Waals surface area contributed by atoms with Gasteiger partial charge in [-0.25, -0.2) is 0 Å². The molecule has 1 fully saturated rings. The number of carbonyl (C=O) groups excluding carboxylic acids is 1. The van der Waals surface area contributed by atoms with Crippen molar-refractivity contribution in [2.75, 3.05) is 19.6 Å². The second-order valence-electron chi connectivity index (χ2n) is 7.11. The van der Waals surface area contributed by atoms with Crippen LogP contribution in [0.15, 0.2) is 24.3 Å². The summed E-state index contributed by atoms with van der Waals surface area (Å²) in [6.07, 6.45) is 4.98. The number of hydrogen-bond acceptors (Lipinski definition) is 2. The zero-order valence-corrected chi connectivity index (χ0v) is 13.9. The lowest BCUT2D eigenvalue weighted by Gasteiger charge is -2.41. The molecule has 2 aliphatic heterocycles. The number of rotatable bonds is 3. The van der Waals surface area contributed by atoms with Gasteiger partial charge in [-0.15, -0.1) is 0 Å². The Kier molecular flexibility index (Phi) is 4.82. The van der Waals surface area contributed by atoms with Crippen molar-refractivity contribution in [3.63, 3.8) is 0 Å². The van der Waals surface area contributed by atoms with Crippen LogP contribution in [0.2, 0.25) is 0 Å². The van der Waals surface area contributed by atoms with Crippen LogP contribution < -0.4 is 0 Å². The standard InChI is InChI=1S/C19H28N2O/c1-15(2)19(22)21-13-17-9-5-4-8-16(17)12-18(21)14-20-10-6-3-7-11-20/h4-5,8-9,15,18H,3,6-7,10-14H2,1-2H3/t18-/m0/s1. The number of amides is 1. The van der Waals surface area contributed by atoms with Crippen LogP contribution in [0, 0.1) is 5.92 Å². The number of benzene rings is 1. The highest BCUT2D eigenvalue weighted by atomic mass is 16.2. The number of carbonyl (C=O) groups is 1. The van der Waals surface area contributed by atoms with Crippen LogP contribution in [0.4, 0.5) is 0 Å². The van der Waals surface area contributed by atoms with Crippen molar-refractivity contribution in [1.29, 1.82) is 0 Å². The molecule has 1 amide bonds. The Labute approximate surface area is 134 Å². The molecule has 120 valence electrons. The zero-order chi connectivity index (χ0) is 15.5. The summed E-state index contributed by atoms with van der Waals surface area (Å²) in [6.45, 7) is 8.24. The molecule has 22 heavy (non-hydrogen) atoms. The summed E-state index contributed by atoms with van der Waals surface area (Å²) in [5.41, 5.74) is 2.75. The summed E-state index contributed by atoms with van der Waals surface area (Å²) < 4.78 is 0. The molecular weight excluding hydrogens is 272 g/mol. The lowest BCUT2D eigenvalue weighted by atomic mass is 9.92. The van der Waals surface area contributed by atoms with E-state index in [0.29, 0.717) is 11.9 Å². The van der Waals surface area contributed by atoms with Crippen molar-refractivity contribution in [1.82, 2.24) is 9.80 Å². The molecule has 1 aromatic rings. The average Bonchev–Trinajstić information content (AvgIpc) is 2.54. The smallest absolute Gasteiger partial charge is 0.225 e. The second kappa shape index (κ2) is 6.82. The van der Waals surface area contributed by atoms with Crippen molar-refractivity contribution >= 4 is 5.91 Å². The Bertz CT molecular complexity index is 520. The van der Waals surface area contributed by atoms with Gasteiger partial charge >= 0.3 is 0 Å². The van der Waals surface area contributed by atoms with Gasteiger partial charge in [0.1, 0.15) is 0 Å². The molecule has 0 N–H and O–H groups in total. The Morgan fingerprint density at radius 3 is 2.50 bits per heavy atom. The molecule has 1 atom stereocenters. The maximum atomic E-state index is 12.7. The summed E-state index contributed by atoms with van der Waals surface area (Å²) in [6, 6.07) is 8.95. The minimum absolute atomic E-state index is 0.0779. The van der Waals surface area contributed by atoms with E-state index in [1.165, 1.54) is 43.5 Å². The van der Waals surface area contributed by atoms with E-state index in [9.17, 15) is 4.79 Å². The fourth-order valence-corrected chi connectivity index (χ4v) is 3.78. The van der Waals surface area contributed by atoms with E-state index in [1.807, 2.05) is 13.8 Å². The van der Waals surface area contributed by atoms with Crippen LogP contribution in [-0.2, 0) is 17.8 Å². The van der Waals surface area contributed by atoms with Gasteiger partial charge in [0.05, 0.1) is 0 Å². The van der Waals surface area contributed by atoms with Crippen molar-refractivity contribution < 1.29 is 4.79 Å². The highest BCUT2D eigenvalue weighted by Gasteiger charge is 2.32. The molecule has 0 spiro atoms. The van der Waals surface area contributed by atoms with Gasteiger partial charge in [0.2, 0.25) is 5.91 Å². The molecule has 2 aliphatic rings. The molecule has 1 saturated heterocycles. The third kappa shape index (κ3) is 3.35. The minimum Gasteiger partial charge on any atom is -0.334 e. The lowest BCUT2D eigenvalue weighted by Crippen LogP contribution is -2.51. The summed E-state index contributed by atoms with van der Waals surface area (Å²) in [5, 5.41) is 0. The molecule has 0 unspecified atom stereocenters. The van der Waals surface area contributed by atoms with Crippen molar-refractivity contribution in [3.8, 4) is 0 Å². The first-order valence-corrected chi connectivity index (χ1v) is 8.75. The Balaban J connectivity index is 1.79. The van der Waals surface area contributed by atoms with Gasteiger partial charge in [-0.3, -0.25) is 4.79 Å². The van der Waals surface area contributed by atoms with Gasteiger partial charge in [-0.05, 0) is 43.5 Å². The van der Waals surface area contributed by atoms with Crippen molar-refractivity contribution in [2.45, 2.75) is 52.1 Å². The quantitative estimate of drug-likeness (QED) is 0.856. The molecule has 3 nitrogen and oxygen atoms in total. The summed E-state index contributed by atoms with van der Waals surface area (Å²) in [7, 11) is 0. The predicted molar refractivity (Wildman–Crippen MR) is 89.6 cm³/mol. The lowest BCUT2D eigenvalue weighted by molar-refractivity contribution is -0.138. The van der Waals surface area contributed by atoms with E-state index in [2.05, 4.69) is 34.1 Å². The van der Waals surface area contributed by atoms with Crippen LogP contribution in [0.5, 0.6) is 0 Å². The number of piperidine rings is 1. The molecule has 2 heterocycles. The Morgan fingerprint density at radius 2 is 1.82 bits per heavy atom. The fraction of sp³-hybridized carbons (Fsp3) is 0.632. The van der Waals surface area contributed by atoms with Crippen LogP contribution in [0.3, 0.4) is 0 Å². The molecule has 0 bridgehead atoms. The molecule has 0 radical (unpaired) electrons. The molecule has 0 aliphatic carbocycles. The fourth-order valence-electron chi connectivity index (χ4n) is 3.78. The van der Waals surface area contributed by atoms with E-state index in [0.717, 1.165) is 19.5 Å². The predicted octanol–water partition coefficient (Wildman–Crippen LogP) is 3.08. The molecular formula is C19H28N2O. The van der Waals surface area contributed by atoms with Gasteiger partial charge in [0, 0.05) is 25.0 Å². The number of fused-ring (bicyclic) bond motifs is 1. The van der Waals surface area contributed by atoms with E-state index in [-0.39, 0.29) is 5.92 Å². The molecule has 0 aromatic heterocycles. The first-order chi connectivity index (χ1) is 10.6. The monoisotopic (exact) mass is 300 g/mol. The minimum atomic E-state index is 0.0779. The van der Waals surface area contributed by atoms with Gasteiger partial charge in [0.15, 0.2) is 0 Å². The second-order valence-corrected chi connectivity index (χ2v) is 7.11. The van der Waals surface area contributed by atoms with Crippen LogP contribution >= 0.6 is 0 Å². The summed E-state index contributed by atoms with van der Waals surface area (Å²) >= 11 is 0. The van der Waals surface area contributed by atoms with E-state index in [1.54, 1.807) is 0 Å². The highest BCUT2D eigenvalue weighted by Crippen LogP contribution is 2.26. The van der Waals surface area contributed by atoms with E-state index in [4.69, 9.17) is 0 Å². The third-order valence-electron chi connectivity index (χ3n) is 5.05. The summed E-state index contributed by atoms with van der Waals surface area (Å²) in [4.78, 5) is 17.4. The third-order valence-corrected chi connectivity index (χ3v) is 5.05. The number of hydrogen-bond donors (Lipinski definition) is 0.